The van der Waals surface area contributed by atoms with Crippen LogP contribution in [0.1, 0.15) is 13.3 Å². The van der Waals surface area contributed by atoms with E-state index in [1.807, 2.05) is 12.1 Å². The van der Waals surface area contributed by atoms with Gasteiger partial charge in [-0.3, -0.25) is 4.98 Å². The predicted octanol–water partition coefficient (Wildman–Crippen LogP) is 2.43. The number of pyridine rings is 1. The number of nitrogens with two attached hydrogens (primary N) is 1. The molecule has 1 fully saturated rings. The molecule has 1 unspecified atom stereocenters. The highest BCUT2D eigenvalue weighted by molar-refractivity contribution is 5.98. The largest absolute Gasteiger partial charge is 0.397 e. The molecule has 4 nitrogen and oxygen atoms in total. The number of anilines is 2. The van der Waals surface area contributed by atoms with Gasteiger partial charge in [-0.25, -0.2) is 0 Å². The molecule has 2 aromatic rings. The van der Waals surface area contributed by atoms with Gasteiger partial charge in [-0.1, -0.05) is 6.92 Å². The van der Waals surface area contributed by atoms with Gasteiger partial charge >= 0.3 is 0 Å². The molecule has 0 aliphatic carbocycles. The number of nitrogen functional groups attached to an aromatic ring is 1. The highest BCUT2D eigenvalue weighted by Crippen LogP contribution is 2.31. The second kappa shape index (κ2) is 5.05. The fraction of sp³-hybridized carbons (Fsp3) is 0.400. The zero-order valence-electron chi connectivity index (χ0n) is 11.2. The van der Waals surface area contributed by atoms with Crippen molar-refractivity contribution in [2.24, 2.45) is 0 Å². The Balaban J connectivity index is 2.11. The molecule has 0 radical (unpaired) electrons. The van der Waals surface area contributed by atoms with Crippen molar-refractivity contribution in [3.63, 3.8) is 0 Å². The predicted molar refractivity (Wildman–Crippen MR) is 78.4 cm³/mol. The van der Waals surface area contributed by atoms with Crippen molar-refractivity contribution < 1.29 is 4.74 Å². The molecule has 2 heterocycles. The Bertz CT molecular complexity index is 585. The first-order valence-corrected chi connectivity index (χ1v) is 6.79. The molecule has 2 N–H and O–H groups in total. The number of hydrogen-bond donors (Lipinski definition) is 1. The van der Waals surface area contributed by atoms with Crippen molar-refractivity contribution in [2.75, 3.05) is 30.4 Å². The summed E-state index contributed by atoms with van der Waals surface area (Å²) < 4.78 is 5.58. The SMILES string of the molecule is CCC1COCCN1c1ccc(N)c2ncccc12. The van der Waals surface area contributed by atoms with E-state index in [0.29, 0.717) is 6.04 Å². The zero-order valence-corrected chi connectivity index (χ0v) is 11.2. The summed E-state index contributed by atoms with van der Waals surface area (Å²) in [5, 5.41) is 1.13. The minimum Gasteiger partial charge on any atom is -0.397 e. The molecule has 3 rings (SSSR count). The Morgan fingerprint density at radius 2 is 2.32 bits per heavy atom. The van der Waals surface area contributed by atoms with E-state index in [4.69, 9.17) is 10.5 Å². The van der Waals surface area contributed by atoms with Gasteiger partial charge < -0.3 is 15.4 Å². The maximum absolute atomic E-state index is 6.02. The fourth-order valence-electron chi connectivity index (χ4n) is 2.74. The van der Waals surface area contributed by atoms with E-state index < -0.39 is 0 Å². The molecule has 1 aromatic carbocycles. The van der Waals surface area contributed by atoms with Gasteiger partial charge in [-0.05, 0) is 30.7 Å². The number of benzene rings is 1. The lowest BCUT2D eigenvalue weighted by molar-refractivity contribution is 0.0931. The van der Waals surface area contributed by atoms with Crippen molar-refractivity contribution in [2.45, 2.75) is 19.4 Å². The van der Waals surface area contributed by atoms with Crippen molar-refractivity contribution in [1.82, 2.24) is 4.98 Å². The first-order valence-electron chi connectivity index (χ1n) is 6.79. The van der Waals surface area contributed by atoms with Crippen molar-refractivity contribution >= 4 is 22.3 Å². The summed E-state index contributed by atoms with van der Waals surface area (Å²) in [4.78, 5) is 6.83. The van der Waals surface area contributed by atoms with Gasteiger partial charge in [-0.15, -0.1) is 0 Å². The summed E-state index contributed by atoms with van der Waals surface area (Å²) in [6.45, 7) is 4.70. The Morgan fingerprint density at radius 1 is 1.42 bits per heavy atom. The van der Waals surface area contributed by atoms with E-state index in [-0.39, 0.29) is 0 Å². The van der Waals surface area contributed by atoms with Gasteiger partial charge in [0.2, 0.25) is 0 Å². The van der Waals surface area contributed by atoms with E-state index in [9.17, 15) is 0 Å². The van der Waals surface area contributed by atoms with Crippen molar-refractivity contribution in [1.29, 1.82) is 0 Å². The Morgan fingerprint density at radius 3 is 3.16 bits per heavy atom. The third kappa shape index (κ3) is 2.12. The molecule has 1 atom stereocenters. The highest BCUT2D eigenvalue weighted by atomic mass is 16.5. The number of fused-ring (bicyclic) bond motifs is 1. The topological polar surface area (TPSA) is 51.4 Å². The third-order valence-electron chi connectivity index (χ3n) is 3.79. The molecular formula is C15H19N3O. The highest BCUT2D eigenvalue weighted by Gasteiger charge is 2.23. The summed E-state index contributed by atoms with van der Waals surface area (Å²) in [6, 6.07) is 8.55. The Hall–Kier alpha value is -1.81. The standard InChI is InChI=1S/C15H19N3O/c1-2-11-10-19-9-8-18(11)14-6-5-13(16)15-12(14)4-3-7-17-15/h3-7,11H,2,8-10,16H2,1H3. The minimum atomic E-state index is 0.431. The number of rotatable bonds is 2. The van der Waals surface area contributed by atoms with Crippen LogP contribution in [0, 0.1) is 0 Å². The van der Waals surface area contributed by atoms with Crippen molar-refractivity contribution in [3.8, 4) is 0 Å². The van der Waals surface area contributed by atoms with Crippen LogP contribution >= 0.6 is 0 Å². The maximum atomic E-state index is 6.02. The number of aromatic nitrogens is 1. The van der Waals surface area contributed by atoms with Crippen LogP contribution in [0.15, 0.2) is 30.5 Å². The lowest BCUT2D eigenvalue weighted by Gasteiger charge is -2.37. The summed E-state index contributed by atoms with van der Waals surface area (Å²) in [5.74, 6) is 0. The van der Waals surface area contributed by atoms with Gasteiger partial charge in [0, 0.05) is 23.8 Å². The molecular weight excluding hydrogens is 238 g/mol. The molecule has 1 saturated heterocycles. The van der Waals surface area contributed by atoms with Crippen LogP contribution in [0.5, 0.6) is 0 Å². The van der Waals surface area contributed by atoms with E-state index >= 15 is 0 Å². The molecule has 0 saturated carbocycles. The van der Waals surface area contributed by atoms with Crippen molar-refractivity contribution in [3.05, 3.63) is 30.5 Å². The lowest BCUT2D eigenvalue weighted by atomic mass is 10.1. The number of ether oxygens (including phenoxy) is 1. The number of nitrogens with zero attached hydrogens (tertiary/aromatic N) is 2. The Labute approximate surface area is 113 Å². The van der Waals surface area contributed by atoms with Crippen LogP contribution in [0.25, 0.3) is 10.9 Å². The summed E-state index contributed by atoms with van der Waals surface area (Å²) in [5.41, 5.74) is 8.86. The summed E-state index contributed by atoms with van der Waals surface area (Å²) >= 11 is 0. The number of morpholine rings is 1. The van der Waals surface area contributed by atoms with E-state index in [0.717, 1.165) is 42.8 Å². The average molecular weight is 257 g/mol. The number of hydrogen-bond acceptors (Lipinski definition) is 4. The van der Waals surface area contributed by atoms with Gasteiger partial charge in [-0.2, -0.15) is 0 Å². The van der Waals surface area contributed by atoms with Crippen LogP contribution in [-0.2, 0) is 4.74 Å². The lowest BCUT2D eigenvalue weighted by Crippen LogP contribution is -2.45. The Kier molecular flexibility index (Phi) is 3.25. The second-order valence-electron chi connectivity index (χ2n) is 4.90. The van der Waals surface area contributed by atoms with Crippen LogP contribution in [0.2, 0.25) is 0 Å². The van der Waals surface area contributed by atoms with Gasteiger partial charge in [0.05, 0.1) is 30.5 Å². The minimum absolute atomic E-state index is 0.431. The van der Waals surface area contributed by atoms with Gasteiger partial charge in [0.25, 0.3) is 0 Å². The van der Waals surface area contributed by atoms with Crippen LogP contribution < -0.4 is 10.6 Å². The zero-order chi connectivity index (χ0) is 13.2. The van der Waals surface area contributed by atoms with Gasteiger partial charge in [0.15, 0.2) is 0 Å². The molecule has 0 bridgehead atoms. The molecule has 0 amide bonds. The van der Waals surface area contributed by atoms with E-state index in [1.54, 1.807) is 6.20 Å². The molecule has 19 heavy (non-hydrogen) atoms. The monoisotopic (exact) mass is 257 g/mol. The first kappa shape index (κ1) is 12.2. The first-order chi connectivity index (χ1) is 9.31. The average Bonchev–Trinajstić information content (AvgIpc) is 2.48. The van der Waals surface area contributed by atoms with Gasteiger partial charge in [0.1, 0.15) is 0 Å². The molecule has 1 aromatic heterocycles. The van der Waals surface area contributed by atoms with Crippen LogP contribution in [0.3, 0.4) is 0 Å². The van der Waals surface area contributed by atoms with Crippen LogP contribution in [-0.4, -0.2) is 30.8 Å². The normalized spacial score (nSPS) is 19.8. The van der Waals surface area contributed by atoms with E-state index in [2.05, 4.69) is 28.9 Å². The molecule has 0 spiro atoms. The van der Waals surface area contributed by atoms with E-state index in [1.165, 1.54) is 5.69 Å². The summed E-state index contributed by atoms with van der Waals surface area (Å²) in [6.07, 6.45) is 2.87. The molecule has 100 valence electrons. The summed E-state index contributed by atoms with van der Waals surface area (Å²) in [7, 11) is 0. The fourth-order valence-corrected chi connectivity index (χ4v) is 2.74. The quantitative estimate of drug-likeness (QED) is 0.839. The molecule has 1 aliphatic heterocycles. The molecule has 4 heteroatoms. The maximum Gasteiger partial charge on any atom is 0.0951 e. The second-order valence-corrected chi connectivity index (χ2v) is 4.90. The molecule has 1 aliphatic rings. The smallest absolute Gasteiger partial charge is 0.0951 e. The third-order valence-corrected chi connectivity index (χ3v) is 3.79. The van der Waals surface area contributed by atoms with Crippen LogP contribution in [0.4, 0.5) is 11.4 Å².